The summed E-state index contributed by atoms with van der Waals surface area (Å²) in [7, 11) is 0. The second-order valence-electron chi connectivity index (χ2n) is 5.78. The van der Waals surface area contributed by atoms with E-state index in [-0.39, 0.29) is 12.5 Å². The maximum absolute atomic E-state index is 11.8. The van der Waals surface area contributed by atoms with Crippen LogP contribution in [-0.2, 0) is 9.59 Å². The molecule has 0 atom stereocenters. The molecule has 0 bridgehead atoms. The predicted octanol–water partition coefficient (Wildman–Crippen LogP) is 3.57. The van der Waals surface area contributed by atoms with Gasteiger partial charge in [0, 0.05) is 16.9 Å². The first kappa shape index (κ1) is 17.9. The minimum absolute atomic E-state index is 0.0391. The van der Waals surface area contributed by atoms with Gasteiger partial charge in [0.05, 0.1) is 5.69 Å². The Morgan fingerprint density at radius 3 is 2.54 bits per heavy atom. The number of aromatic nitrogens is 1. The number of benzene rings is 1. The number of nitrogens with one attached hydrogen (secondary N) is 1. The van der Waals surface area contributed by atoms with Crippen LogP contribution in [0.15, 0.2) is 24.3 Å². The molecule has 0 saturated carbocycles. The lowest BCUT2D eigenvalue weighted by Gasteiger charge is -2.04. The number of carbonyl (C=O) groups is 2. The van der Waals surface area contributed by atoms with Crippen molar-refractivity contribution in [3.05, 3.63) is 29.1 Å². The molecular formula is C17H20N2O4S. The van der Waals surface area contributed by atoms with Gasteiger partial charge in [-0.3, -0.25) is 4.79 Å². The van der Waals surface area contributed by atoms with E-state index in [0.29, 0.717) is 23.2 Å². The Morgan fingerprint density at radius 2 is 1.96 bits per heavy atom. The third kappa shape index (κ3) is 5.06. The van der Waals surface area contributed by atoms with Gasteiger partial charge in [-0.05, 0) is 37.1 Å². The predicted molar refractivity (Wildman–Crippen MR) is 93.5 cm³/mol. The van der Waals surface area contributed by atoms with Crippen LogP contribution in [-0.4, -0.2) is 28.6 Å². The minimum atomic E-state index is -1.02. The highest BCUT2D eigenvalue weighted by Gasteiger charge is 2.13. The lowest BCUT2D eigenvalue weighted by atomic mass is 10.1. The summed E-state index contributed by atoms with van der Waals surface area (Å²) in [5.41, 5.74) is 1.68. The lowest BCUT2D eigenvalue weighted by Crippen LogP contribution is -2.13. The number of carboxylic acid groups (broad SMARTS) is 1. The standard InChI is InChI=1S/C17H20N2O4S/c1-10(2)8-14(20)18-17-19-16(11(3)24-17)12-4-6-13(7-5-12)23-9-15(21)22/h4-7,10H,8-9H2,1-3H3,(H,21,22)(H,18,19,20). The van der Waals surface area contributed by atoms with E-state index in [1.165, 1.54) is 11.3 Å². The number of ether oxygens (including phenoxy) is 1. The van der Waals surface area contributed by atoms with Crippen LogP contribution in [0.2, 0.25) is 0 Å². The summed E-state index contributed by atoms with van der Waals surface area (Å²) in [5.74, 6) is -0.276. The van der Waals surface area contributed by atoms with E-state index in [0.717, 1.165) is 16.1 Å². The van der Waals surface area contributed by atoms with Crippen LogP contribution in [0, 0.1) is 12.8 Å². The molecule has 1 amide bonds. The van der Waals surface area contributed by atoms with Crippen LogP contribution in [0.25, 0.3) is 11.3 Å². The molecule has 1 aromatic heterocycles. The molecule has 2 N–H and O–H groups in total. The van der Waals surface area contributed by atoms with Gasteiger partial charge in [-0.1, -0.05) is 13.8 Å². The smallest absolute Gasteiger partial charge is 0.341 e. The molecule has 24 heavy (non-hydrogen) atoms. The highest BCUT2D eigenvalue weighted by Crippen LogP contribution is 2.31. The van der Waals surface area contributed by atoms with Crippen LogP contribution >= 0.6 is 11.3 Å². The first-order chi connectivity index (χ1) is 11.3. The number of rotatable bonds is 7. The van der Waals surface area contributed by atoms with E-state index >= 15 is 0 Å². The second kappa shape index (κ2) is 7.92. The molecule has 0 saturated heterocycles. The van der Waals surface area contributed by atoms with Crippen LogP contribution < -0.4 is 10.1 Å². The number of anilines is 1. The maximum atomic E-state index is 11.8. The lowest BCUT2D eigenvalue weighted by molar-refractivity contribution is -0.139. The zero-order chi connectivity index (χ0) is 17.7. The second-order valence-corrected chi connectivity index (χ2v) is 6.98. The quantitative estimate of drug-likeness (QED) is 0.798. The largest absolute Gasteiger partial charge is 0.482 e. The summed E-state index contributed by atoms with van der Waals surface area (Å²) in [5, 5.41) is 12.0. The Morgan fingerprint density at radius 1 is 1.29 bits per heavy atom. The van der Waals surface area contributed by atoms with Crippen molar-refractivity contribution in [3.63, 3.8) is 0 Å². The van der Waals surface area contributed by atoms with Gasteiger partial charge in [-0.2, -0.15) is 0 Å². The fourth-order valence-corrected chi connectivity index (χ4v) is 2.96. The number of nitrogens with zero attached hydrogens (tertiary/aromatic N) is 1. The monoisotopic (exact) mass is 348 g/mol. The highest BCUT2D eigenvalue weighted by atomic mass is 32.1. The molecule has 0 fully saturated rings. The van der Waals surface area contributed by atoms with E-state index in [9.17, 15) is 9.59 Å². The van der Waals surface area contributed by atoms with Gasteiger partial charge >= 0.3 is 5.97 Å². The molecule has 0 aliphatic rings. The van der Waals surface area contributed by atoms with E-state index in [4.69, 9.17) is 9.84 Å². The molecule has 1 heterocycles. The summed E-state index contributed by atoms with van der Waals surface area (Å²) in [6, 6.07) is 7.04. The van der Waals surface area contributed by atoms with E-state index in [1.807, 2.05) is 32.9 Å². The van der Waals surface area contributed by atoms with Crippen molar-refractivity contribution < 1.29 is 19.4 Å². The highest BCUT2D eigenvalue weighted by molar-refractivity contribution is 7.16. The van der Waals surface area contributed by atoms with Crippen molar-refractivity contribution in [3.8, 4) is 17.0 Å². The molecule has 1 aromatic carbocycles. The number of thiazole rings is 1. The van der Waals surface area contributed by atoms with Gasteiger partial charge in [0.25, 0.3) is 0 Å². The van der Waals surface area contributed by atoms with Crippen LogP contribution in [0.3, 0.4) is 0 Å². The molecule has 0 radical (unpaired) electrons. The van der Waals surface area contributed by atoms with Crippen LogP contribution in [0.4, 0.5) is 5.13 Å². The molecule has 6 nitrogen and oxygen atoms in total. The van der Waals surface area contributed by atoms with E-state index in [2.05, 4.69) is 10.3 Å². The SMILES string of the molecule is Cc1sc(NC(=O)CC(C)C)nc1-c1ccc(OCC(=O)O)cc1. The van der Waals surface area contributed by atoms with Crippen molar-refractivity contribution in [2.24, 2.45) is 5.92 Å². The fourth-order valence-electron chi connectivity index (χ4n) is 2.11. The third-order valence-corrected chi connectivity index (χ3v) is 4.01. The van der Waals surface area contributed by atoms with Crippen LogP contribution in [0.1, 0.15) is 25.1 Å². The van der Waals surface area contributed by atoms with Gasteiger partial charge in [-0.25, -0.2) is 9.78 Å². The average Bonchev–Trinajstić information content (AvgIpc) is 2.85. The average molecular weight is 348 g/mol. The van der Waals surface area contributed by atoms with Crippen molar-refractivity contribution in [1.29, 1.82) is 0 Å². The van der Waals surface area contributed by atoms with Crippen LogP contribution in [0.5, 0.6) is 5.75 Å². The number of hydrogen-bond acceptors (Lipinski definition) is 5. The number of aryl methyl sites for hydroxylation is 1. The van der Waals surface area contributed by atoms with Gasteiger partial charge < -0.3 is 15.2 Å². The summed E-state index contributed by atoms with van der Waals surface area (Å²) in [6.07, 6.45) is 0.462. The number of amides is 1. The topological polar surface area (TPSA) is 88.5 Å². The molecule has 0 aliphatic carbocycles. The Balaban J connectivity index is 2.09. The van der Waals surface area contributed by atoms with Crippen molar-refractivity contribution >= 4 is 28.3 Å². The van der Waals surface area contributed by atoms with Crippen molar-refractivity contribution in [2.45, 2.75) is 27.2 Å². The zero-order valence-corrected chi connectivity index (χ0v) is 14.6. The molecule has 128 valence electrons. The first-order valence-corrected chi connectivity index (χ1v) is 8.39. The number of hydrogen-bond donors (Lipinski definition) is 2. The minimum Gasteiger partial charge on any atom is -0.482 e. The maximum Gasteiger partial charge on any atom is 0.341 e. The summed E-state index contributed by atoms with van der Waals surface area (Å²) < 4.78 is 5.11. The Kier molecular flexibility index (Phi) is 5.92. The van der Waals surface area contributed by atoms with E-state index < -0.39 is 5.97 Å². The molecule has 7 heteroatoms. The molecule has 0 aliphatic heterocycles. The molecule has 2 rings (SSSR count). The Labute approximate surface area is 144 Å². The Bertz CT molecular complexity index is 723. The zero-order valence-electron chi connectivity index (χ0n) is 13.8. The molecular weight excluding hydrogens is 328 g/mol. The normalized spacial score (nSPS) is 10.7. The summed E-state index contributed by atoms with van der Waals surface area (Å²) in [6.45, 7) is 5.55. The fraction of sp³-hybridized carbons (Fsp3) is 0.353. The van der Waals surface area contributed by atoms with Crippen molar-refractivity contribution in [2.75, 3.05) is 11.9 Å². The number of carboxylic acids is 1. The molecule has 2 aromatic rings. The first-order valence-electron chi connectivity index (χ1n) is 7.57. The van der Waals surface area contributed by atoms with Gasteiger partial charge in [0.2, 0.25) is 5.91 Å². The van der Waals surface area contributed by atoms with Gasteiger partial charge in [0.15, 0.2) is 11.7 Å². The summed E-state index contributed by atoms with van der Waals surface area (Å²) >= 11 is 1.43. The number of aliphatic carboxylic acids is 1. The van der Waals surface area contributed by atoms with Crippen molar-refractivity contribution in [1.82, 2.24) is 4.98 Å². The van der Waals surface area contributed by atoms with Gasteiger partial charge in [0.1, 0.15) is 5.75 Å². The third-order valence-electron chi connectivity index (χ3n) is 3.13. The molecule has 0 spiro atoms. The van der Waals surface area contributed by atoms with E-state index in [1.54, 1.807) is 12.1 Å². The Hall–Kier alpha value is -2.41. The number of carbonyl (C=O) groups excluding carboxylic acids is 1. The molecule has 0 unspecified atom stereocenters. The summed E-state index contributed by atoms with van der Waals surface area (Å²) in [4.78, 5) is 27.8. The van der Waals surface area contributed by atoms with Gasteiger partial charge in [-0.15, -0.1) is 11.3 Å².